The van der Waals surface area contributed by atoms with E-state index in [1.54, 1.807) is 19.9 Å². The van der Waals surface area contributed by atoms with Crippen LogP contribution < -0.4 is 4.74 Å². The maximum absolute atomic E-state index is 8.88. The molecule has 77 valence electrons. The topological polar surface area (TPSA) is 42.6 Å². The molecule has 1 heterocycles. The fourth-order valence-corrected chi connectivity index (χ4v) is 0.985. The minimum Gasteiger partial charge on any atom is -0.465 e. The molecular weight excluding hydrogens is 179 g/mol. The van der Waals surface area contributed by atoms with Gasteiger partial charge in [-0.15, -0.1) is 0 Å². The molecule has 0 spiro atoms. The monoisotopic (exact) mass is 195 g/mol. The molecule has 0 aliphatic rings. The average molecular weight is 195 g/mol. The third kappa shape index (κ3) is 2.81. The molecule has 0 aromatic carbocycles. The first-order valence-corrected chi connectivity index (χ1v) is 4.72. The van der Waals surface area contributed by atoms with Gasteiger partial charge in [0.05, 0.1) is 0 Å². The molecule has 0 aliphatic carbocycles. The zero-order valence-electron chi connectivity index (χ0n) is 9.07. The molecule has 0 saturated heterocycles. The van der Waals surface area contributed by atoms with Crippen molar-refractivity contribution in [1.29, 1.82) is 0 Å². The van der Waals surface area contributed by atoms with E-state index in [2.05, 4.69) is 0 Å². The molecule has 0 atom stereocenters. The van der Waals surface area contributed by atoms with Crippen molar-refractivity contribution in [3.8, 4) is 5.95 Å². The van der Waals surface area contributed by atoms with Gasteiger partial charge in [0.2, 0.25) is 0 Å². The van der Waals surface area contributed by atoms with E-state index >= 15 is 0 Å². The third-order valence-electron chi connectivity index (χ3n) is 1.85. The second-order valence-corrected chi connectivity index (χ2v) is 4.15. The van der Waals surface area contributed by atoms with Crippen LogP contribution in [0.15, 0.2) is 16.5 Å². The Labute approximate surface area is 85.3 Å². The summed E-state index contributed by atoms with van der Waals surface area (Å²) < 4.78 is 10.8. The van der Waals surface area contributed by atoms with E-state index in [1.807, 2.05) is 19.9 Å². The first-order valence-electron chi connectivity index (χ1n) is 4.72. The summed E-state index contributed by atoms with van der Waals surface area (Å²) in [5.41, 5.74) is -0.716. The van der Waals surface area contributed by atoms with Crippen LogP contribution >= 0.6 is 0 Å². The minimum atomic E-state index is -0.716. The Morgan fingerprint density at radius 3 is 2.50 bits per heavy atom. The molecule has 3 nitrogen and oxygen atoms in total. The maximum Gasteiger partial charge on any atom is 0.339 e. The fraction of sp³-hybridized carbons (Fsp3) is 0.600. The van der Waals surface area contributed by atoms with Crippen LogP contribution in [0.5, 0.6) is 5.95 Å². The SMILES string of the molecule is CC(C)c1ccc(OC(C)(C)[B]O)o1. The molecule has 0 fully saturated rings. The van der Waals surface area contributed by atoms with E-state index < -0.39 is 5.50 Å². The van der Waals surface area contributed by atoms with Crippen molar-refractivity contribution in [1.82, 2.24) is 0 Å². The fourth-order valence-electron chi connectivity index (χ4n) is 0.985. The average Bonchev–Trinajstić information content (AvgIpc) is 2.52. The lowest BCUT2D eigenvalue weighted by molar-refractivity contribution is 0.134. The molecule has 0 aliphatic heterocycles. The zero-order valence-corrected chi connectivity index (χ0v) is 9.07. The highest BCUT2D eigenvalue weighted by atomic mass is 16.6. The molecule has 0 amide bonds. The van der Waals surface area contributed by atoms with Gasteiger partial charge in [0.15, 0.2) is 0 Å². The van der Waals surface area contributed by atoms with E-state index in [0.717, 1.165) is 13.2 Å². The third-order valence-corrected chi connectivity index (χ3v) is 1.85. The molecule has 14 heavy (non-hydrogen) atoms. The number of hydrogen-bond donors (Lipinski definition) is 1. The molecule has 1 rings (SSSR count). The summed E-state index contributed by atoms with van der Waals surface area (Å²) in [5.74, 6) is 1.66. The Morgan fingerprint density at radius 1 is 1.43 bits per heavy atom. The summed E-state index contributed by atoms with van der Waals surface area (Å²) in [4.78, 5) is 0. The Morgan fingerprint density at radius 2 is 2.07 bits per heavy atom. The van der Waals surface area contributed by atoms with Gasteiger partial charge in [0.25, 0.3) is 5.95 Å². The quantitative estimate of drug-likeness (QED) is 0.748. The Balaban J connectivity index is 2.69. The van der Waals surface area contributed by atoms with E-state index in [1.165, 1.54) is 0 Å². The van der Waals surface area contributed by atoms with E-state index in [-0.39, 0.29) is 0 Å². The normalized spacial score (nSPS) is 11.9. The highest BCUT2D eigenvalue weighted by molar-refractivity contribution is 6.29. The van der Waals surface area contributed by atoms with Crippen LogP contribution in [0, 0.1) is 0 Å². The molecule has 1 N–H and O–H groups in total. The Kier molecular flexibility index (Phi) is 3.27. The molecule has 0 bridgehead atoms. The number of ether oxygens (including phenoxy) is 1. The van der Waals surface area contributed by atoms with E-state index in [4.69, 9.17) is 14.2 Å². The van der Waals surface area contributed by atoms with Crippen LogP contribution in [-0.4, -0.2) is 18.0 Å². The standard InChI is InChI=1S/C10H16BO3/c1-7(2)8-5-6-9(13-8)14-10(3,4)11-12/h5-7,12H,1-4H3. The Bertz CT molecular complexity index is 291. The van der Waals surface area contributed by atoms with Gasteiger partial charge in [0, 0.05) is 12.0 Å². The summed E-state index contributed by atoms with van der Waals surface area (Å²) >= 11 is 0. The van der Waals surface area contributed by atoms with Crippen molar-refractivity contribution in [2.75, 3.05) is 0 Å². The second kappa shape index (κ2) is 4.09. The maximum atomic E-state index is 8.88. The molecule has 1 radical (unpaired) electrons. The van der Waals surface area contributed by atoms with Crippen molar-refractivity contribution < 1.29 is 14.2 Å². The van der Waals surface area contributed by atoms with Crippen LogP contribution in [-0.2, 0) is 0 Å². The predicted octanol–water partition coefficient (Wildman–Crippen LogP) is 2.13. The lowest BCUT2D eigenvalue weighted by Crippen LogP contribution is -2.35. The summed E-state index contributed by atoms with van der Waals surface area (Å²) in [6, 6.07) is 3.65. The second-order valence-electron chi connectivity index (χ2n) is 4.15. The van der Waals surface area contributed by atoms with Gasteiger partial charge < -0.3 is 14.2 Å². The van der Waals surface area contributed by atoms with Gasteiger partial charge in [-0.3, -0.25) is 0 Å². The molecule has 0 unspecified atom stereocenters. The van der Waals surface area contributed by atoms with Crippen LogP contribution in [0.2, 0.25) is 0 Å². The van der Waals surface area contributed by atoms with Gasteiger partial charge in [0.1, 0.15) is 11.3 Å². The van der Waals surface area contributed by atoms with Gasteiger partial charge in [-0.2, -0.15) is 0 Å². The lowest BCUT2D eigenvalue weighted by Gasteiger charge is -2.20. The summed E-state index contributed by atoms with van der Waals surface area (Å²) in [6.45, 7) is 7.60. The van der Waals surface area contributed by atoms with Gasteiger partial charge in [-0.1, -0.05) is 13.8 Å². The first kappa shape index (κ1) is 11.2. The summed E-state index contributed by atoms with van der Waals surface area (Å²) in [6.07, 6.45) is 0. The van der Waals surface area contributed by atoms with Crippen molar-refractivity contribution in [3.63, 3.8) is 0 Å². The summed E-state index contributed by atoms with van der Waals surface area (Å²) in [7, 11) is 1.00. The Hall–Kier alpha value is -0.895. The number of rotatable bonds is 4. The van der Waals surface area contributed by atoms with Gasteiger partial charge in [-0.05, 0) is 19.9 Å². The highest BCUT2D eigenvalue weighted by Gasteiger charge is 2.22. The van der Waals surface area contributed by atoms with Crippen molar-refractivity contribution in [2.24, 2.45) is 0 Å². The highest BCUT2D eigenvalue weighted by Crippen LogP contribution is 2.25. The number of furan rings is 1. The predicted molar refractivity (Wildman–Crippen MR) is 55.5 cm³/mol. The zero-order chi connectivity index (χ0) is 10.8. The molecule has 1 aromatic heterocycles. The molecular formula is C10H16BO3. The minimum absolute atomic E-state index is 0.341. The largest absolute Gasteiger partial charge is 0.465 e. The molecule has 0 saturated carbocycles. The molecule has 4 heteroatoms. The van der Waals surface area contributed by atoms with Crippen LogP contribution in [0.4, 0.5) is 0 Å². The van der Waals surface area contributed by atoms with Crippen molar-refractivity contribution >= 4 is 7.48 Å². The molecule has 1 aromatic rings. The van der Waals surface area contributed by atoms with Gasteiger partial charge in [-0.25, -0.2) is 0 Å². The smallest absolute Gasteiger partial charge is 0.339 e. The van der Waals surface area contributed by atoms with Crippen molar-refractivity contribution in [2.45, 2.75) is 39.1 Å². The van der Waals surface area contributed by atoms with Crippen LogP contribution in [0.1, 0.15) is 39.4 Å². The van der Waals surface area contributed by atoms with Crippen LogP contribution in [0.25, 0.3) is 0 Å². The lowest BCUT2D eigenvalue weighted by atomic mass is 9.78. The van der Waals surface area contributed by atoms with Crippen LogP contribution in [0.3, 0.4) is 0 Å². The summed E-state index contributed by atoms with van der Waals surface area (Å²) in [5, 5.41) is 8.88. The first-order chi connectivity index (χ1) is 6.44. The van der Waals surface area contributed by atoms with E-state index in [9.17, 15) is 0 Å². The van der Waals surface area contributed by atoms with Gasteiger partial charge >= 0.3 is 7.48 Å². The number of hydrogen-bond acceptors (Lipinski definition) is 3. The van der Waals surface area contributed by atoms with Crippen molar-refractivity contribution in [3.05, 3.63) is 17.9 Å². The van der Waals surface area contributed by atoms with E-state index in [0.29, 0.717) is 11.9 Å².